The smallest absolute Gasteiger partial charge is 0.328 e. The summed E-state index contributed by atoms with van der Waals surface area (Å²) in [5.41, 5.74) is 0.965. The average molecular weight is 354 g/mol. The van der Waals surface area contributed by atoms with E-state index in [1.54, 1.807) is 0 Å². The van der Waals surface area contributed by atoms with Crippen molar-refractivity contribution in [2.75, 3.05) is 11.9 Å². The summed E-state index contributed by atoms with van der Waals surface area (Å²) in [6.45, 7) is 2.30. The number of carbonyl (C=O) groups is 1. The highest BCUT2D eigenvalue weighted by molar-refractivity contribution is 9.10. The van der Waals surface area contributed by atoms with Crippen molar-refractivity contribution in [3.63, 3.8) is 0 Å². The van der Waals surface area contributed by atoms with Gasteiger partial charge in [0.05, 0.1) is 6.61 Å². The van der Waals surface area contributed by atoms with E-state index in [9.17, 15) is 4.79 Å². The van der Waals surface area contributed by atoms with Crippen molar-refractivity contribution >= 4 is 27.6 Å². The van der Waals surface area contributed by atoms with Crippen LogP contribution in [0.5, 0.6) is 0 Å². The molecule has 0 aromatic heterocycles. The van der Waals surface area contributed by atoms with E-state index in [1.165, 1.54) is 25.7 Å². The van der Waals surface area contributed by atoms with Gasteiger partial charge in [-0.1, -0.05) is 47.7 Å². The first-order valence-corrected chi connectivity index (χ1v) is 8.68. The number of benzene rings is 1. The van der Waals surface area contributed by atoms with Gasteiger partial charge in [0.2, 0.25) is 0 Å². The first-order valence-electron chi connectivity index (χ1n) is 7.89. The summed E-state index contributed by atoms with van der Waals surface area (Å²) in [5, 5.41) is 3.40. The molecule has 1 aliphatic carbocycles. The van der Waals surface area contributed by atoms with E-state index in [-0.39, 0.29) is 12.0 Å². The second-order valence-electron chi connectivity index (χ2n) is 5.64. The topological polar surface area (TPSA) is 38.3 Å². The zero-order valence-electron chi connectivity index (χ0n) is 12.6. The monoisotopic (exact) mass is 353 g/mol. The molecule has 1 atom stereocenters. The lowest BCUT2D eigenvalue weighted by Crippen LogP contribution is -2.38. The Bertz CT molecular complexity index is 456. The van der Waals surface area contributed by atoms with E-state index in [0.717, 1.165) is 23.0 Å². The molecule has 1 unspecified atom stereocenters. The fourth-order valence-electron chi connectivity index (χ4n) is 3.00. The highest BCUT2D eigenvalue weighted by Crippen LogP contribution is 2.28. The molecule has 1 aromatic rings. The maximum absolute atomic E-state index is 12.3. The van der Waals surface area contributed by atoms with Crippen LogP contribution in [0.2, 0.25) is 0 Å². The number of ether oxygens (including phenoxy) is 1. The molecule has 21 heavy (non-hydrogen) atoms. The van der Waals surface area contributed by atoms with E-state index in [1.807, 2.05) is 31.2 Å². The Hall–Kier alpha value is -1.03. The average Bonchev–Trinajstić information content (AvgIpc) is 2.74. The molecule has 0 heterocycles. The minimum atomic E-state index is -0.239. The first kappa shape index (κ1) is 16.3. The van der Waals surface area contributed by atoms with E-state index < -0.39 is 0 Å². The summed E-state index contributed by atoms with van der Waals surface area (Å²) in [6, 6.07) is 7.71. The molecule has 0 aliphatic heterocycles. The molecule has 1 saturated carbocycles. The van der Waals surface area contributed by atoms with Crippen molar-refractivity contribution in [3.05, 3.63) is 28.7 Å². The molecule has 1 N–H and O–H groups in total. The number of nitrogens with one attached hydrogen (secondary N) is 1. The van der Waals surface area contributed by atoms with E-state index in [4.69, 9.17) is 4.74 Å². The molecular weight excluding hydrogens is 330 g/mol. The van der Waals surface area contributed by atoms with Gasteiger partial charge in [-0.05, 0) is 43.9 Å². The van der Waals surface area contributed by atoms with Gasteiger partial charge in [0.25, 0.3) is 0 Å². The third-order valence-electron chi connectivity index (χ3n) is 4.06. The largest absolute Gasteiger partial charge is 0.464 e. The van der Waals surface area contributed by atoms with Gasteiger partial charge in [-0.25, -0.2) is 4.79 Å². The minimum Gasteiger partial charge on any atom is -0.464 e. The molecule has 0 bridgehead atoms. The number of carbonyl (C=O) groups excluding carboxylic acids is 1. The van der Waals surface area contributed by atoms with E-state index in [0.29, 0.717) is 12.5 Å². The fourth-order valence-corrected chi connectivity index (χ4v) is 3.40. The summed E-state index contributed by atoms with van der Waals surface area (Å²) < 4.78 is 6.30. The van der Waals surface area contributed by atoms with Crippen LogP contribution >= 0.6 is 15.9 Å². The molecule has 2 rings (SSSR count). The molecule has 0 amide bonds. The lowest BCUT2D eigenvalue weighted by molar-refractivity contribution is -0.145. The van der Waals surface area contributed by atoms with Gasteiger partial charge in [0, 0.05) is 10.2 Å². The second kappa shape index (κ2) is 8.42. The Morgan fingerprint density at radius 2 is 2.05 bits per heavy atom. The van der Waals surface area contributed by atoms with Gasteiger partial charge in [0.1, 0.15) is 6.04 Å². The van der Waals surface area contributed by atoms with Crippen LogP contribution in [0.3, 0.4) is 0 Å². The third kappa shape index (κ3) is 5.03. The van der Waals surface area contributed by atoms with Crippen molar-refractivity contribution in [1.82, 2.24) is 0 Å². The normalized spacial score (nSPS) is 17.8. The Kier molecular flexibility index (Phi) is 6.55. The highest BCUT2D eigenvalue weighted by atomic mass is 79.9. The highest BCUT2D eigenvalue weighted by Gasteiger charge is 2.29. The Morgan fingerprint density at radius 3 is 2.67 bits per heavy atom. The SMILES string of the molecule is CCOC(=O)C(Nc1cccc(Br)c1)C1CCCCCC1. The number of hydrogen-bond donors (Lipinski definition) is 1. The summed E-state index contributed by atoms with van der Waals surface area (Å²) in [5.74, 6) is 0.245. The molecule has 3 nitrogen and oxygen atoms in total. The van der Waals surface area contributed by atoms with Crippen molar-refractivity contribution in [3.8, 4) is 0 Å². The summed E-state index contributed by atoms with van der Waals surface area (Å²) in [6.07, 6.45) is 7.18. The number of anilines is 1. The third-order valence-corrected chi connectivity index (χ3v) is 4.55. The van der Waals surface area contributed by atoms with Crippen LogP contribution in [-0.4, -0.2) is 18.6 Å². The lowest BCUT2D eigenvalue weighted by Gasteiger charge is -2.26. The van der Waals surface area contributed by atoms with Crippen molar-refractivity contribution in [1.29, 1.82) is 0 Å². The van der Waals surface area contributed by atoms with E-state index >= 15 is 0 Å². The van der Waals surface area contributed by atoms with Crippen LogP contribution in [0.4, 0.5) is 5.69 Å². The number of halogens is 1. The molecule has 1 aliphatic rings. The van der Waals surface area contributed by atoms with Gasteiger partial charge in [-0.2, -0.15) is 0 Å². The predicted molar refractivity (Wildman–Crippen MR) is 89.4 cm³/mol. The molecule has 0 saturated heterocycles. The minimum absolute atomic E-state index is 0.121. The van der Waals surface area contributed by atoms with Gasteiger partial charge in [-0.3, -0.25) is 0 Å². The maximum Gasteiger partial charge on any atom is 0.328 e. The first-order chi connectivity index (χ1) is 10.2. The van der Waals surface area contributed by atoms with Crippen molar-refractivity contribution in [2.24, 2.45) is 5.92 Å². The molecule has 1 fully saturated rings. The predicted octanol–water partition coefficient (Wildman–Crippen LogP) is 4.76. The lowest BCUT2D eigenvalue weighted by atomic mass is 9.91. The number of esters is 1. The zero-order valence-corrected chi connectivity index (χ0v) is 14.2. The van der Waals surface area contributed by atoms with Gasteiger partial charge in [-0.15, -0.1) is 0 Å². The standard InChI is InChI=1S/C17H24BrNO2/c1-2-21-17(20)16(13-8-5-3-4-6-9-13)19-15-11-7-10-14(18)12-15/h7,10-13,16,19H,2-6,8-9H2,1H3. The quantitative estimate of drug-likeness (QED) is 0.612. The summed E-state index contributed by atoms with van der Waals surface area (Å²) in [7, 11) is 0. The molecular formula is C17H24BrNO2. The number of hydrogen-bond acceptors (Lipinski definition) is 3. The second-order valence-corrected chi connectivity index (χ2v) is 6.55. The van der Waals surface area contributed by atoms with Gasteiger partial charge in [0.15, 0.2) is 0 Å². The molecule has 116 valence electrons. The number of rotatable bonds is 5. The zero-order chi connectivity index (χ0) is 15.1. The van der Waals surface area contributed by atoms with Crippen LogP contribution in [0, 0.1) is 5.92 Å². The van der Waals surface area contributed by atoms with Crippen molar-refractivity contribution in [2.45, 2.75) is 51.5 Å². The molecule has 1 aromatic carbocycles. The fraction of sp³-hybridized carbons (Fsp3) is 0.588. The van der Waals surface area contributed by atoms with Gasteiger partial charge < -0.3 is 10.1 Å². The van der Waals surface area contributed by atoms with Crippen LogP contribution in [-0.2, 0) is 9.53 Å². The summed E-state index contributed by atoms with van der Waals surface area (Å²) >= 11 is 3.47. The van der Waals surface area contributed by atoms with Crippen LogP contribution < -0.4 is 5.32 Å². The van der Waals surface area contributed by atoms with Gasteiger partial charge >= 0.3 is 5.97 Å². The van der Waals surface area contributed by atoms with E-state index in [2.05, 4.69) is 21.2 Å². The van der Waals surface area contributed by atoms with Crippen LogP contribution in [0.25, 0.3) is 0 Å². The molecule has 0 radical (unpaired) electrons. The Balaban J connectivity index is 2.12. The van der Waals surface area contributed by atoms with Crippen LogP contribution in [0.15, 0.2) is 28.7 Å². The maximum atomic E-state index is 12.3. The van der Waals surface area contributed by atoms with Crippen molar-refractivity contribution < 1.29 is 9.53 Å². The molecule has 4 heteroatoms. The Morgan fingerprint density at radius 1 is 1.33 bits per heavy atom. The Labute approximate surface area is 135 Å². The summed E-state index contributed by atoms with van der Waals surface area (Å²) in [4.78, 5) is 12.3. The molecule has 0 spiro atoms. The van der Waals surface area contributed by atoms with Crippen LogP contribution in [0.1, 0.15) is 45.4 Å².